The second-order valence-electron chi connectivity index (χ2n) is 20.8. The van der Waals surface area contributed by atoms with Crippen LogP contribution >= 0.6 is 22.7 Å². The van der Waals surface area contributed by atoms with Crippen molar-refractivity contribution in [3.05, 3.63) is 221 Å². The number of carbonyl (C=O) groups excluding carboxylic acids is 6. The van der Waals surface area contributed by atoms with Crippen LogP contribution < -0.4 is 16.2 Å². The number of nitrogens with one attached hydrogen (secondary N) is 2. The van der Waals surface area contributed by atoms with Gasteiger partial charge in [0, 0.05) is 12.3 Å². The zero-order chi connectivity index (χ0) is 65.3. The second kappa shape index (κ2) is 25.7. The van der Waals surface area contributed by atoms with Crippen LogP contribution in [0.4, 0.5) is 30.7 Å². The maximum atomic E-state index is 14.0. The minimum atomic E-state index is -4.60. The number of anilines is 2. The molecule has 6 aromatic carbocycles. The van der Waals surface area contributed by atoms with Crippen molar-refractivity contribution >= 4 is 122 Å². The standard InChI is InChI=1S/C62H47N13O15S4/c76-49-33-44(66-57(79)87-53(39-12-4-1-5-13-39)40-14-6-2-7-15-40)26-27-70(49)34-50(77)72-28-30-75(62(82)89-72)94(85,86)60-68-46-25-24-43(32-48(46)92-60)38-20-22-42(23-21-38)54(41-16-8-3-9-17-41)88-58(80)69-55-52-56(64-36-63-55)71(37-65-52)35-51(78)73-29-31-74(61(81)90-73)93(83,84)59-67-45-18-10-11-19-47(45)91-59/h1-27,32-33,36-37,53-54H,28-31,34-35H2,(H,66,79)(H,63,64,69,80). The van der Waals surface area contributed by atoms with Gasteiger partial charge in [0.05, 0.1) is 58.6 Å². The number of benzene rings is 6. The van der Waals surface area contributed by atoms with E-state index in [-0.39, 0.29) is 40.1 Å². The Balaban J connectivity index is 0.619. The van der Waals surface area contributed by atoms with Crippen molar-refractivity contribution < 1.29 is 64.8 Å². The number of pyridine rings is 1. The third-order valence-corrected chi connectivity index (χ3v) is 21.1. The van der Waals surface area contributed by atoms with E-state index in [9.17, 15) is 50.4 Å². The summed E-state index contributed by atoms with van der Waals surface area (Å²) in [5, 5.41) is 6.58. The molecule has 13 rings (SSSR count). The van der Waals surface area contributed by atoms with Crippen LogP contribution in [0.5, 0.6) is 0 Å². The van der Waals surface area contributed by atoms with Crippen molar-refractivity contribution in [1.82, 2.24) is 52.8 Å². The Kier molecular flexibility index (Phi) is 16.8. The maximum absolute atomic E-state index is 14.0. The van der Waals surface area contributed by atoms with Gasteiger partial charge in [0.25, 0.3) is 37.4 Å². The van der Waals surface area contributed by atoms with Gasteiger partial charge in [-0.2, -0.15) is 35.6 Å². The van der Waals surface area contributed by atoms with E-state index < -0.39 is 105 Å². The number of fused-ring (bicyclic) bond motifs is 3. The molecule has 0 bridgehead atoms. The highest BCUT2D eigenvalue weighted by molar-refractivity contribution is 7.92. The van der Waals surface area contributed by atoms with Gasteiger partial charge in [-0.3, -0.25) is 25.0 Å². The molecule has 474 valence electrons. The van der Waals surface area contributed by atoms with Gasteiger partial charge in [-0.1, -0.05) is 133 Å². The Bertz CT molecular complexity index is 5010. The number of hydroxylamine groups is 4. The molecule has 28 nitrogen and oxygen atoms in total. The van der Waals surface area contributed by atoms with Crippen molar-refractivity contribution in [2.75, 3.05) is 36.8 Å². The Morgan fingerprint density at radius 3 is 1.57 bits per heavy atom. The van der Waals surface area contributed by atoms with E-state index in [0.29, 0.717) is 56.4 Å². The van der Waals surface area contributed by atoms with Crippen LogP contribution in [0.15, 0.2) is 202 Å². The van der Waals surface area contributed by atoms with Crippen LogP contribution in [0.25, 0.3) is 42.7 Å². The molecule has 2 fully saturated rings. The minimum Gasteiger partial charge on any atom is -0.436 e. The van der Waals surface area contributed by atoms with Crippen LogP contribution in [0.3, 0.4) is 0 Å². The molecule has 0 aliphatic carbocycles. The first kappa shape index (κ1) is 61.4. The fourth-order valence-corrected chi connectivity index (χ4v) is 15.4. The maximum Gasteiger partial charge on any atom is 0.448 e. The molecule has 2 aliphatic heterocycles. The van der Waals surface area contributed by atoms with Gasteiger partial charge in [-0.15, -0.1) is 22.7 Å². The summed E-state index contributed by atoms with van der Waals surface area (Å²) in [7, 11) is -8.99. The van der Waals surface area contributed by atoms with Crippen molar-refractivity contribution in [1.29, 1.82) is 0 Å². The van der Waals surface area contributed by atoms with Gasteiger partial charge in [0.1, 0.15) is 19.4 Å². The number of nitrogens with zero attached hydrogens (tertiary/aromatic N) is 11. The molecule has 2 N–H and O–H groups in total. The van der Waals surface area contributed by atoms with E-state index in [0.717, 1.165) is 55.8 Å². The minimum absolute atomic E-state index is 0.0578. The van der Waals surface area contributed by atoms with Crippen molar-refractivity contribution in [2.45, 2.75) is 34.0 Å². The van der Waals surface area contributed by atoms with E-state index in [1.165, 1.54) is 23.2 Å². The predicted molar refractivity (Wildman–Crippen MR) is 338 cm³/mol. The fraction of sp³-hybridized carbons (Fsp3) is 0.129. The summed E-state index contributed by atoms with van der Waals surface area (Å²) in [5.74, 6) is -1.63. The number of thiazole rings is 2. The number of hydrogen-bond donors (Lipinski definition) is 2. The average molecular weight is 1340 g/mol. The van der Waals surface area contributed by atoms with E-state index in [1.54, 1.807) is 97.1 Å². The quantitative estimate of drug-likeness (QED) is 0.0860. The molecule has 0 radical (unpaired) electrons. The number of para-hydroxylation sites is 1. The molecule has 5 aromatic heterocycles. The lowest BCUT2D eigenvalue weighted by Gasteiger charge is -2.31. The first-order chi connectivity index (χ1) is 45.4. The number of imidazole rings is 1. The van der Waals surface area contributed by atoms with Crippen LogP contribution in [0, 0.1) is 0 Å². The number of rotatable bonds is 17. The summed E-state index contributed by atoms with van der Waals surface area (Å²) in [4.78, 5) is 125. The highest BCUT2D eigenvalue weighted by Gasteiger charge is 2.41. The SMILES string of the molecule is O=C(Nc1ccn(CC(=O)N2CCN(S(=O)(=O)c3nc4ccc(-c5ccc(C(OC(=O)Nc6ncnc7c6ncn7CC(=O)N6CCN(S(=O)(=O)c7nc8ccccc8s7)C(=O)O6)c6ccccc6)cc5)cc4s3)C(=O)O2)c(=O)c1)OC(c1ccccc1)c1ccccc1. The number of sulfonamides is 2. The first-order valence-corrected chi connectivity index (χ1v) is 32.9. The summed E-state index contributed by atoms with van der Waals surface area (Å²) >= 11 is 1.71. The third kappa shape index (κ3) is 12.7. The molecule has 32 heteroatoms. The lowest BCUT2D eigenvalue weighted by atomic mass is 9.98. The largest absolute Gasteiger partial charge is 0.448 e. The number of ether oxygens (including phenoxy) is 2. The predicted octanol–water partition coefficient (Wildman–Crippen LogP) is 8.72. The number of amides is 6. The van der Waals surface area contributed by atoms with Crippen LogP contribution in [0.1, 0.15) is 34.5 Å². The lowest BCUT2D eigenvalue weighted by molar-refractivity contribution is -0.174. The number of aromatic nitrogens is 7. The fourth-order valence-electron chi connectivity index (χ4n) is 10.2. The Labute approximate surface area is 539 Å². The lowest BCUT2D eigenvalue weighted by Crippen LogP contribution is -2.52. The topological polar surface area (TPSA) is 336 Å². The molecule has 0 spiro atoms. The first-order valence-electron chi connectivity index (χ1n) is 28.4. The third-order valence-electron chi connectivity index (χ3n) is 14.8. The second-order valence-corrected chi connectivity index (χ2v) is 26.9. The van der Waals surface area contributed by atoms with Crippen LogP contribution in [-0.2, 0) is 61.9 Å². The summed E-state index contributed by atoms with van der Waals surface area (Å²) in [6.07, 6.45) is -2.46. The van der Waals surface area contributed by atoms with Crippen molar-refractivity contribution in [3.63, 3.8) is 0 Å². The molecule has 2 saturated heterocycles. The van der Waals surface area contributed by atoms with Gasteiger partial charge in [-0.25, -0.2) is 44.1 Å². The molecule has 0 saturated carbocycles. The zero-order valence-electron chi connectivity index (χ0n) is 48.5. The summed E-state index contributed by atoms with van der Waals surface area (Å²) in [6, 6.07) is 48.5. The summed E-state index contributed by atoms with van der Waals surface area (Å²) in [5.41, 5.74) is 4.36. The normalized spacial score (nSPS) is 14.0. The van der Waals surface area contributed by atoms with Gasteiger partial charge >= 0.3 is 24.4 Å². The Morgan fingerprint density at radius 2 is 1.02 bits per heavy atom. The van der Waals surface area contributed by atoms with E-state index in [1.807, 2.05) is 60.7 Å². The highest BCUT2D eigenvalue weighted by atomic mass is 32.3. The molecule has 7 heterocycles. The summed E-state index contributed by atoms with van der Waals surface area (Å²) in [6.45, 7) is -2.59. The van der Waals surface area contributed by atoms with Gasteiger partial charge in [-0.05, 0) is 63.7 Å². The molecular weight excluding hydrogens is 1300 g/mol. The Morgan fingerprint density at radius 1 is 0.521 bits per heavy atom. The van der Waals surface area contributed by atoms with Gasteiger partial charge in [0.2, 0.25) is 8.68 Å². The molecule has 11 aromatic rings. The number of carbonyl (C=O) groups is 6. The average Bonchev–Trinajstić information content (AvgIpc) is 1.58. The smallest absolute Gasteiger partial charge is 0.436 e. The van der Waals surface area contributed by atoms with Gasteiger partial charge in [0.15, 0.2) is 29.2 Å². The molecule has 1 atom stereocenters. The number of hydrogen-bond acceptors (Lipinski definition) is 22. The molecular formula is C62H47N13O15S4. The molecule has 1 unspecified atom stereocenters. The van der Waals surface area contributed by atoms with Crippen molar-refractivity contribution in [3.8, 4) is 11.1 Å². The van der Waals surface area contributed by atoms with E-state index in [2.05, 4.69) is 35.6 Å². The molecule has 6 amide bonds. The molecule has 2 aliphatic rings. The summed E-state index contributed by atoms with van der Waals surface area (Å²) < 4.78 is 70.2. The van der Waals surface area contributed by atoms with Crippen LogP contribution in [0.2, 0.25) is 0 Å². The zero-order valence-corrected chi connectivity index (χ0v) is 51.7. The van der Waals surface area contributed by atoms with Gasteiger partial charge < -0.3 is 28.3 Å². The van der Waals surface area contributed by atoms with Crippen LogP contribution in [-0.4, -0.2) is 132 Å². The highest BCUT2D eigenvalue weighted by Crippen LogP contribution is 2.36. The molecule has 94 heavy (non-hydrogen) atoms. The van der Waals surface area contributed by atoms with Crippen molar-refractivity contribution in [2.24, 2.45) is 0 Å². The monoisotopic (exact) mass is 1340 g/mol. The van der Waals surface area contributed by atoms with E-state index in [4.69, 9.17) is 19.1 Å². The van der Waals surface area contributed by atoms with E-state index >= 15 is 0 Å². The Hall–Kier alpha value is -11.5.